The SMILES string of the molecule is CC(C)N(CC1CC1)C(=O)c1noc(C2CCCN2)n1. The highest BCUT2D eigenvalue weighted by atomic mass is 16.5. The molecule has 1 aromatic rings. The molecule has 0 aromatic carbocycles. The fourth-order valence-electron chi connectivity index (χ4n) is 2.59. The third kappa shape index (κ3) is 2.85. The molecule has 0 radical (unpaired) electrons. The second kappa shape index (κ2) is 5.52. The summed E-state index contributed by atoms with van der Waals surface area (Å²) in [6.07, 6.45) is 4.54. The highest BCUT2D eigenvalue weighted by Gasteiger charge is 2.31. The van der Waals surface area contributed by atoms with Crippen molar-refractivity contribution in [2.45, 2.75) is 51.6 Å². The van der Waals surface area contributed by atoms with Crippen LogP contribution < -0.4 is 5.32 Å². The number of nitrogens with zero attached hydrogens (tertiary/aromatic N) is 3. The highest BCUT2D eigenvalue weighted by molar-refractivity contribution is 5.90. The van der Waals surface area contributed by atoms with Gasteiger partial charge in [-0.3, -0.25) is 4.79 Å². The van der Waals surface area contributed by atoms with Gasteiger partial charge in [-0.1, -0.05) is 5.16 Å². The Balaban J connectivity index is 1.71. The molecule has 1 atom stereocenters. The molecule has 6 nitrogen and oxygen atoms in total. The van der Waals surface area contributed by atoms with Gasteiger partial charge in [-0.15, -0.1) is 0 Å². The lowest BCUT2D eigenvalue weighted by atomic mass is 10.2. The van der Waals surface area contributed by atoms with Crippen LogP contribution in [0.5, 0.6) is 0 Å². The zero-order chi connectivity index (χ0) is 14.1. The lowest BCUT2D eigenvalue weighted by Crippen LogP contribution is -2.39. The molecule has 110 valence electrons. The van der Waals surface area contributed by atoms with E-state index in [1.54, 1.807) is 0 Å². The van der Waals surface area contributed by atoms with Crippen molar-refractivity contribution in [1.82, 2.24) is 20.4 Å². The van der Waals surface area contributed by atoms with E-state index in [4.69, 9.17) is 4.52 Å². The first-order chi connectivity index (χ1) is 9.65. The molecule has 6 heteroatoms. The topological polar surface area (TPSA) is 71.3 Å². The largest absolute Gasteiger partial charge is 0.337 e. The van der Waals surface area contributed by atoms with Gasteiger partial charge in [0.15, 0.2) is 0 Å². The summed E-state index contributed by atoms with van der Waals surface area (Å²) in [6.45, 7) is 5.83. The minimum Gasteiger partial charge on any atom is -0.337 e. The summed E-state index contributed by atoms with van der Waals surface area (Å²) in [7, 11) is 0. The summed E-state index contributed by atoms with van der Waals surface area (Å²) in [5.41, 5.74) is 0. The maximum absolute atomic E-state index is 12.5. The quantitative estimate of drug-likeness (QED) is 0.888. The van der Waals surface area contributed by atoms with E-state index in [1.165, 1.54) is 12.8 Å². The van der Waals surface area contributed by atoms with Gasteiger partial charge < -0.3 is 14.7 Å². The number of nitrogens with one attached hydrogen (secondary N) is 1. The van der Waals surface area contributed by atoms with E-state index in [0.29, 0.717) is 11.8 Å². The summed E-state index contributed by atoms with van der Waals surface area (Å²) in [4.78, 5) is 18.6. The zero-order valence-electron chi connectivity index (χ0n) is 12.1. The Labute approximate surface area is 118 Å². The van der Waals surface area contributed by atoms with Gasteiger partial charge in [-0.05, 0) is 52.0 Å². The Bertz CT molecular complexity index is 475. The maximum Gasteiger partial charge on any atom is 0.295 e. The number of hydrogen-bond donors (Lipinski definition) is 1. The molecule has 1 amide bonds. The van der Waals surface area contributed by atoms with Crippen LogP contribution in [0, 0.1) is 5.92 Å². The zero-order valence-corrected chi connectivity index (χ0v) is 12.1. The maximum atomic E-state index is 12.5. The minimum atomic E-state index is -0.111. The van der Waals surface area contributed by atoms with E-state index in [1.807, 2.05) is 18.7 Å². The monoisotopic (exact) mass is 278 g/mol. The van der Waals surface area contributed by atoms with Crippen molar-refractivity contribution in [3.8, 4) is 0 Å². The van der Waals surface area contributed by atoms with Crippen LogP contribution in [0.4, 0.5) is 0 Å². The lowest BCUT2D eigenvalue weighted by molar-refractivity contribution is 0.0680. The van der Waals surface area contributed by atoms with Crippen molar-refractivity contribution in [1.29, 1.82) is 0 Å². The van der Waals surface area contributed by atoms with Gasteiger partial charge in [0.1, 0.15) is 0 Å². The van der Waals surface area contributed by atoms with Crippen molar-refractivity contribution in [3.63, 3.8) is 0 Å². The van der Waals surface area contributed by atoms with Crippen LogP contribution in [0.3, 0.4) is 0 Å². The van der Waals surface area contributed by atoms with E-state index in [0.717, 1.165) is 25.9 Å². The van der Waals surface area contributed by atoms with E-state index < -0.39 is 0 Å². The van der Waals surface area contributed by atoms with Gasteiger partial charge in [0.2, 0.25) is 5.89 Å². The molecule has 0 spiro atoms. The number of carbonyl (C=O) groups is 1. The van der Waals surface area contributed by atoms with Crippen LogP contribution in [-0.4, -0.2) is 40.1 Å². The van der Waals surface area contributed by atoms with Crippen molar-refractivity contribution in [2.75, 3.05) is 13.1 Å². The number of amides is 1. The van der Waals surface area contributed by atoms with E-state index in [9.17, 15) is 4.79 Å². The fraction of sp³-hybridized carbons (Fsp3) is 0.786. The molecular formula is C14H22N4O2. The summed E-state index contributed by atoms with van der Waals surface area (Å²) in [6, 6.07) is 0.273. The van der Waals surface area contributed by atoms with Gasteiger partial charge >= 0.3 is 0 Å². The molecule has 0 bridgehead atoms. The summed E-state index contributed by atoms with van der Waals surface area (Å²) in [5, 5.41) is 7.17. The van der Waals surface area contributed by atoms with Crippen molar-refractivity contribution < 1.29 is 9.32 Å². The molecule has 1 saturated carbocycles. The van der Waals surface area contributed by atoms with Crippen LogP contribution in [-0.2, 0) is 0 Å². The van der Waals surface area contributed by atoms with Crippen molar-refractivity contribution >= 4 is 5.91 Å². The molecule has 1 aromatic heterocycles. The molecule has 2 fully saturated rings. The Hall–Kier alpha value is -1.43. The van der Waals surface area contributed by atoms with Gasteiger partial charge in [0, 0.05) is 12.6 Å². The third-order valence-corrected chi connectivity index (χ3v) is 4.03. The highest BCUT2D eigenvalue weighted by Crippen LogP contribution is 2.30. The number of rotatable bonds is 5. The molecule has 1 aliphatic heterocycles. The van der Waals surface area contributed by atoms with E-state index in [-0.39, 0.29) is 23.8 Å². The smallest absolute Gasteiger partial charge is 0.295 e. The average Bonchev–Trinajstić information content (AvgIpc) is 2.93. The van der Waals surface area contributed by atoms with Gasteiger partial charge in [0.05, 0.1) is 6.04 Å². The van der Waals surface area contributed by atoms with Gasteiger partial charge in [-0.25, -0.2) is 0 Å². The van der Waals surface area contributed by atoms with Gasteiger partial charge in [0.25, 0.3) is 11.7 Å². The predicted octanol–water partition coefficient (Wildman–Crippen LogP) is 1.75. The Kier molecular flexibility index (Phi) is 3.74. The Morgan fingerprint density at radius 2 is 2.25 bits per heavy atom. The second-order valence-electron chi connectivity index (χ2n) is 6.10. The van der Waals surface area contributed by atoms with Crippen LogP contribution in [0.25, 0.3) is 0 Å². The molecular weight excluding hydrogens is 256 g/mol. The Morgan fingerprint density at radius 1 is 1.45 bits per heavy atom. The number of carbonyl (C=O) groups excluding carboxylic acids is 1. The molecule has 1 N–H and O–H groups in total. The minimum absolute atomic E-state index is 0.111. The number of aromatic nitrogens is 2. The molecule has 1 unspecified atom stereocenters. The summed E-state index contributed by atoms with van der Waals surface area (Å²) in [5.74, 6) is 1.29. The molecule has 1 aliphatic carbocycles. The van der Waals surface area contributed by atoms with E-state index in [2.05, 4.69) is 15.5 Å². The first kappa shape index (κ1) is 13.5. The molecule has 2 aliphatic rings. The van der Waals surface area contributed by atoms with Crippen LogP contribution in [0.1, 0.15) is 62.1 Å². The average molecular weight is 278 g/mol. The van der Waals surface area contributed by atoms with E-state index >= 15 is 0 Å². The molecule has 2 heterocycles. The second-order valence-corrected chi connectivity index (χ2v) is 6.10. The normalized spacial score (nSPS) is 22.4. The predicted molar refractivity (Wildman–Crippen MR) is 73.2 cm³/mol. The molecule has 3 rings (SSSR count). The number of hydrogen-bond acceptors (Lipinski definition) is 5. The first-order valence-electron chi connectivity index (χ1n) is 7.53. The van der Waals surface area contributed by atoms with Crippen LogP contribution in [0.2, 0.25) is 0 Å². The van der Waals surface area contributed by atoms with Crippen LogP contribution in [0.15, 0.2) is 4.52 Å². The summed E-state index contributed by atoms with van der Waals surface area (Å²) >= 11 is 0. The first-order valence-corrected chi connectivity index (χ1v) is 7.53. The van der Waals surface area contributed by atoms with Crippen LogP contribution >= 0.6 is 0 Å². The summed E-state index contributed by atoms with van der Waals surface area (Å²) < 4.78 is 5.25. The van der Waals surface area contributed by atoms with Crippen molar-refractivity contribution in [3.05, 3.63) is 11.7 Å². The van der Waals surface area contributed by atoms with Gasteiger partial charge in [-0.2, -0.15) is 4.98 Å². The molecule has 1 saturated heterocycles. The standard InChI is InChI=1S/C14H22N4O2/c1-9(2)18(8-10-5-6-10)14(19)12-16-13(20-17-12)11-4-3-7-15-11/h9-11,15H,3-8H2,1-2H3. The lowest BCUT2D eigenvalue weighted by Gasteiger charge is -2.25. The molecule has 20 heavy (non-hydrogen) atoms. The third-order valence-electron chi connectivity index (χ3n) is 4.03. The fourth-order valence-corrected chi connectivity index (χ4v) is 2.59. The Morgan fingerprint density at radius 3 is 2.85 bits per heavy atom. The van der Waals surface area contributed by atoms with Crippen molar-refractivity contribution in [2.24, 2.45) is 5.92 Å².